The lowest BCUT2D eigenvalue weighted by Gasteiger charge is -2.24. The quantitative estimate of drug-likeness (QED) is 0.343. The largest absolute Gasteiger partial charge is 0.488 e. The number of fused-ring (bicyclic) bond motifs is 1. The predicted octanol–water partition coefficient (Wildman–Crippen LogP) is 3.74. The number of likely N-dealkylation sites (tertiary alicyclic amines) is 1. The van der Waals surface area contributed by atoms with Crippen LogP contribution in [0.5, 0.6) is 5.75 Å². The highest BCUT2D eigenvalue weighted by atomic mass is 16.6. The lowest BCUT2D eigenvalue weighted by molar-refractivity contribution is -0.137. The molecule has 0 spiro atoms. The summed E-state index contributed by atoms with van der Waals surface area (Å²) < 4.78 is 11.4. The van der Waals surface area contributed by atoms with Gasteiger partial charge in [-0.15, -0.1) is 0 Å². The van der Waals surface area contributed by atoms with Gasteiger partial charge in [-0.05, 0) is 56.7 Å². The topological polar surface area (TPSA) is 130 Å². The molecular weight excluding hydrogens is 476 g/mol. The first kappa shape index (κ1) is 25.9. The van der Waals surface area contributed by atoms with E-state index in [0.717, 1.165) is 22.2 Å². The van der Waals surface area contributed by atoms with Crippen molar-refractivity contribution in [1.82, 2.24) is 15.4 Å². The molecule has 2 aromatic carbocycles. The van der Waals surface area contributed by atoms with Crippen LogP contribution in [0.4, 0.5) is 10.5 Å². The Kier molecular flexibility index (Phi) is 7.58. The highest BCUT2D eigenvalue weighted by molar-refractivity contribution is 5.97. The monoisotopic (exact) mass is 506 g/mol. The first-order chi connectivity index (χ1) is 17.6. The number of ether oxygens (including phenoxy) is 2. The van der Waals surface area contributed by atoms with Crippen molar-refractivity contribution < 1.29 is 29.1 Å². The van der Waals surface area contributed by atoms with Crippen LogP contribution in [0, 0.1) is 11.8 Å². The number of amides is 3. The summed E-state index contributed by atoms with van der Waals surface area (Å²) >= 11 is 0. The molecule has 3 amide bonds. The van der Waals surface area contributed by atoms with Crippen molar-refractivity contribution in [1.29, 1.82) is 0 Å². The van der Waals surface area contributed by atoms with Gasteiger partial charge in [0.05, 0.1) is 17.4 Å². The molecule has 10 heteroatoms. The summed E-state index contributed by atoms with van der Waals surface area (Å²) in [6.07, 6.45) is 1.08. The number of para-hydroxylation sites is 1. The number of hydrogen-bond acceptors (Lipinski definition) is 7. The molecule has 1 aliphatic rings. The van der Waals surface area contributed by atoms with Crippen molar-refractivity contribution in [3.05, 3.63) is 66.4 Å². The molecule has 1 aromatic heterocycles. The van der Waals surface area contributed by atoms with E-state index in [1.807, 2.05) is 42.5 Å². The van der Waals surface area contributed by atoms with Crippen LogP contribution in [0.25, 0.3) is 10.9 Å². The van der Waals surface area contributed by atoms with Crippen molar-refractivity contribution >= 4 is 34.5 Å². The van der Waals surface area contributed by atoms with Gasteiger partial charge < -0.3 is 19.7 Å². The van der Waals surface area contributed by atoms with E-state index in [4.69, 9.17) is 14.7 Å². The Morgan fingerprint density at radius 1 is 1.00 bits per heavy atom. The minimum atomic E-state index is -0.916. The van der Waals surface area contributed by atoms with Crippen LogP contribution in [0.3, 0.4) is 0 Å². The predicted molar refractivity (Wildman–Crippen MR) is 136 cm³/mol. The highest BCUT2D eigenvalue weighted by Crippen LogP contribution is 2.28. The Bertz CT molecular complexity index is 1280. The summed E-state index contributed by atoms with van der Waals surface area (Å²) in [7, 11) is 0. The van der Waals surface area contributed by atoms with Crippen molar-refractivity contribution in [3.63, 3.8) is 0 Å². The third-order valence-corrected chi connectivity index (χ3v) is 5.98. The Hall–Kier alpha value is -4.18. The molecule has 0 aliphatic carbocycles. The summed E-state index contributed by atoms with van der Waals surface area (Å²) in [5.41, 5.74) is 3.15. The zero-order chi connectivity index (χ0) is 26.6. The van der Waals surface area contributed by atoms with Crippen molar-refractivity contribution in [2.45, 2.75) is 33.0 Å². The van der Waals surface area contributed by atoms with Gasteiger partial charge in [0.2, 0.25) is 11.8 Å². The molecule has 10 nitrogen and oxygen atoms in total. The van der Waals surface area contributed by atoms with E-state index in [0.29, 0.717) is 12.3 Å². The Morgan fingerprint density at radius 3 is 2.35 bits per heavy atom. The van der Waals surface area contributed by atoms with E-state index < -0.39 is 35.3 Å². The van der Waals surface area contributed by atoms with Crippen LogP contribution in [0.1, 0.15) is 26.3 Å². The Labute approximate surface area is 214 Å². The molecule has 1 aliphatic heterocycles. The molecule has 37 heavy (non-hydrogen) atoms. The molecule has 1 saturated heterocycles. The third kappa shape index (κ3) is 6.34. The fourth-order valence-electron chi connectivity index (χ4n) is 4.17. The smallest absolute Gasteiger partial charge is 0.410 e. The Morgan fingerprint density at radius 2 is 1.68 bits per heavy atom. The summed E-state index contributed by atoms with van der Waals surface area (Å²) in [6, 6.07) is 16.7. The molecule has 1 fully saturated rings. The van der Waals surface area contributed by atoms with Gasteiger partial charge in [0, 0.05) is 30.4 Å². The van der Waals surface area contributed by atoms with E-state index in [1.54, 1.807) is 44.6 Å². The van der Waals surface area contributed by atoms with Gasteiger partial charge >= 0.3 is 6.09 Å². The maximum atomic E-state index is 13.0. The second kappa shape index (κ2) is 10.8. The van der Waals surface area contributed by atoms with Crippen molar-refractivity contribution in [2.75, 3.05) is 18.4 Å². The minimum absolute atomic E-state index is 0.00928. The van der Waals surface area contributed by atoms with Crippen molar-refractivity contribution in [2.24, 2.45) is 11.8 Å². The molecule has 0 saturated carbocycles. The van der Waals surface area contributed by atoms with Crippen LogP contribution in [-0.2, 0) is 20.9 Å². The van der Waals surface area contributed by atoms with Gasteiger partial charge in [-0.1, -0.05) is 24.3 Å². The number of hydrogen-bond donors (Lipinski definition) is 3. The van der Waals surface area contributed by atoms with Crippen LogP contribution in [-0.4, -0.2) is 51.7 Å². The molecule has 3 N–H and O–H groups in total. The molecule has 2 heterocycles. The van der Waals surface area contributed by atoms with Crippen molar-refractivity contribution in [3.8, 4) is 5.75 Å². The van der Waals surface area contributed by atoms with Gasteiger partial charge in [0.15, 0.2) is 0 Å². The SMILES string of the molecule is CC(C)(C)OC(=O)N1CC(C(=O)NO)C(C(=O)Nc2ccc(COc3ccnc4ccccc34)cc2)C1. The number of carbonyl (C=O) groups excluding carboxylic acids is 3. The molecule has 2 unspecified atom stereocenters. The minimum Gasteiger partial charge on any atom is -0.488 e. The van der Waals surface area contributed by atoms with E-state index >= 15 is 0 Å². The molecule has 4 rings (SSSR count). The van der Waals surface area contributed by atoms with E-state index in [1.165, 1.54) is 4.90 Å². The fourth-order valence-corrected chi connectivity index (χ4v) is 4.17. The maximum Gasteiger partial charge on any atom is 0.410 e. The van der Waals surface area contributed by atoms with Gasteiger partial charge in [-0.25, -0.2) is 10.3 Å². The average molecular weight is 507 g/mol. The maximum absolute atomic E-state index is 13.0. The zero-order valence-electron chi connectivity index (χ0n) is 20.9. The number of hydroxylamine groups is 1. The molecule has 0 radical (unpaired) electrons. The van der Waals surface area contributed by atoms with Gasteiger partial charge in [0.25, 0.3) is 0 Å². The van der Waals surface area contributed by atoms with E-state index in [2.05, 4.69) is 10.3 Å². The second-order valence-corrected chi connectivity index (χ2v) is 9.88. The molecule has 194 valence electrons. The third-order valence-electron chi connectivity index (χ3n) is 5.98. The number of pyridine rings is 1. The van der Waals surface area contributed by atoms with Crippen LogP contribution in [0.2, 0.25) is 0 Å². The fraction of sp³-hybridized carbons (Fsp3) is 0.333. The number of nitrogens with one attached hydrogen (secondary N) is 2. The van der Waals surface area contributed by atoms with Crippen LogP contribution in [0.15, 0.2) is 60.8 Å². The highest BCUT2D eigenvalue weighted by Gasteiger charge is 2.44. The number of benzene rings is 2. The molecule has 0 bridgehead atoms. The molecule has 3 aromatic rings. The standard InChI is InChI=1S/C27H30N4O6/c1-27(2,3)37-26(34)31-14-20(21(15-31)25(33)30-35)24(32)29-18-10-8-17(9-11-18)16-36-23-12-13-28-22-7-5-4-6-19(22)23/h4-13,20-21,35H,14-16H2,1-3H3,(H,29,32)(H,30,33). The first-order valence-corrected chi connectivity index (χ1v) is 11.9. The number of rotatable bonds is 6. The first-order valence-electron chi connectivity index (χ1n) is 11.9. The van der Waals surface area contributed by atoms with E-state index in [9.17, 15) is 14.4 Å². The number of nitrogens with zero attached hydrogens (tertiary/aromatic N) is 2. The lowest BCUT2D eigenvalue weighted by atomic mass is 9.94. The second-order valence-electron chi connectivity index (χ2n) is 9.88. The van der Waals surface area contributed by atoms with E-state index in [-0.39, 0.29) is 13.1 Å². The molecular formula is C27H30N4O6. The van der Waals surface area contributed by atoms with Gasteiger partial charge in [-0.2, -0.15) is 0 Å². The number of anilines is 1. The van der Waals surface area contributed by atoms with Gasteiger partial charge in [-0.3, -0.25) is 19.8 Å². The summed E-state index contributed by atoms with van der Waals surface area (Å²) in [5.74, 6) is -2.22. The Balaban J connectivity index is 1.39. The summed E-state index contributed by atoms with van der Waals surface area (Å²) in [5, 5.41) is 12.9. The molecule has 2 atom stereocenters. The zero-order valence-corrected chi connectivity index (χ0v) is 20.9. The van der Waals surface area contributed by atoms with Gasteiger partial charge in [0.1, 0.15) is 18.0 Å². The lowest BCUT2D eigenvalue weighted by Crippen LogP contribution is -2.38. The summed E-state index contributed by atoms with van der Waals surface area (Å²) in [4.78, 5) is 43.4. The number of aromatic nitrogens is 1. The number of carbonyl (C=O) groups is 3. The van der Waals surface area contributed by atoms with Crippen LogP contribution >= 0.6 is 0 Å². The average Bonchev–Trinajstić information content (AvgIpc) is 3.33. The van der Waals surface area contributed by atoms with Crippen LogP contribution < -0.4 is 15.5 Å². The normalized spacial score (nSPS) is 17.4. The summed E-state index contributed by atoms with van der Waals surface area (Å²) in [6.45, 7) is 5.48.